The molecule has 3 fully saturated rings. The molecule has 0 amide bonds. The summed E-state index contributed by atoms with van der Waals surface area (Å²) in [5.74, 6) is 0.0424. The molecule has 0 unspecified atom stereocenters. The van der Waals surface area contributed by atoms with Gasteiger partial charge in [0.25, 0.3) is 0 Å². The topological polar surface area (TPSA) is 121 Å². The molecule has 2 aliphatic carbocycles. The van der Waals surface area contributed by atoms with Crippen LogP contribution in [0, 0.1) is 11.3 Å². The molecule has 1 aliphatic heterocycles. The number of ether oxygens (including phenoxy) is 1. The van der Waals surface area contributed by atoms with Gasteiger partial charge in [0.2, 0.25) is 5.88 Å². The second kappa shape index (κ2) is 11.5. The van der Waals surface area contributed by atoms with Crippen molar-refractivity contribution >= 4 is 11.0 Å². The second-order valence-corrected chi connectivity index (χ2v) is 12.4. The Bertz CT molecular complexity index is 1660. The number of nitrogens with zero attached hydrogens (tertiary/aromatic N) is 7. The van der Waals surface area contributed by atoms with E-state index in [1.54, 1.807) is 12.3 Å². The molecule has 44 heavy (non-hydrogen) atoms. The van der Waals surface area contributed by atoms with Crippen LogP contribution in [0.1, 0.15) is 62.6 Å². The van der Waals surface area contributed by atoms with E-state index in [2.05, 4.69) is 41.3 Å². The van der Waals surface area contributed by atoms with Gasteiger partial charge >= 0.3 is 6.18 Å². The fraction of sp³-hybridized carbons (Fsp3) is 0.516. The minimum absolute atomic E-state index is 0.0424. The lowest BCUT2D eigenvalue weighted by Gasteiger charge is -2.53. The largest absolute Gasteiger partial charge is 0.474 e. The molecular formula is C31H34F3N9O. The van der Waals surface area contributed by atoms with Crippen LogP contribution < -0.4 is 10.1 Å². The van der Waals surface area contributed by atoms with E-state index in [1.807, 2.05) is 23.1 Å². The Hall–Kier alpha value is -4.02. The Balaban J connectivity index is 0.975. The number of halogens is 3. The summed E-state index contributed by atoms with van der Waals surface area (Å²) in [5.41, 5.74) is 1.63. The molecule has 2 saturated carbocycles. The molecule has 0 radical (unpaired) electrons. The van der Waals surface area contributed by atoms with Crippen molar-refractivity contribution in [1.29, 1.82) is 5.26 Å². The summed E-state index contributed by atoms with van der Waals surface area (Å²) >= 11 is 0. The summed E-state index contributed by atoms with van der Waals surface area (Å²) in [4.78, 5) is 18.0. The number of aromatic amines is 1. The molecule has 0 atom stereocenters. The van der Waals surface area contributed by atoms with E-state index in [1.165, 1.54) is 6.33 Å². The molecule has 13 heteroatoms. The molecule has 4 aromatic heterocycles. The molecular weight excluding hydrogens is 571 g/mol. The smallest absolute Gasteiger partial charge is 0.433 e. The third kappa shape index (κ3) is 5.64. The van der Waals surface area contributed by atoms with Crippen LogP contribution in [-0.4, -0.2) is 65.9 Å². The highest BCUT2D eigenvalue weighted by Crippen LogP contribution is 2.39. The third-order valence-electron chi connectivity index (χ3n) is 9.40. The number of pyridine rings is 1. The Labute approximate surface area is 252 Å². The van der Waals surface area contributed by atoms with Gasteiger partial charge in [-0.1, -0.05) is 6.42 Å². The monoisotopic (exact) mass is 605 g/mol. The number of nitriles is 1. The zero-order valence-electron chi connectivity index (χ0n) is 24.2. The maximum absolute atomic E-state index is 13.6. The number of alkyl halides is 3. The van der Waals surface area contributed by atoms with Crippen molar-refractivity contribution in [1.82, 2.24) is 39.9 Å². The fourth-order valence-corrected chi connectivity index (χ4v) is 6.70. The predicted molar refractivity (Wildman–Crippen MR) is 155 cm³/mol. The van der Waals surface area contributed by atoms with Crippen molar-refractivity contribution in [2.75, 3.05) is 13.1 Å². The molecule has 3 aliphatic rings. The molecule has 10 nitrogen and oxygen atoms in total. The summed E-state index contributed by atoms with van der Waals surface area (Å²) in [6.07, 6.45) is 9.17. The predicted octanol–water partition coefficient (Wildman–Crippen LogP) is 5.19. The van der Waals surface area contributed by atoms with Crippen molar-refractivity contribution in [3.8, 4) is 23.2 Å². The van der Waals surface area contributed by atoms with Gasteiger partial charge in [-0.05, 0) is 56.2 Å². The van der Waals surface area contributed by atoms with E-state index >= 15 is 0 Å². The van der Waals surface area contributed by atoms with Crippen molar-refractivity contribution < 1.29 is 17.9 Å². The molecule has 5 heterocycles. The van der Waals surface area contributed by atoms with Gasteiger partial charge in [0.05, 0.1) is 24.4 Å². The van der Waals surface area contributed by atoms with Crippen LogP contribution in [0.4, 0.5) is 13.2 Å². The van der Waals surface area contributed by atoms with Crippen molar-refractivity contribution in [2.24, 2.45) is 0 Å². The quantitative estimate of drug-likeness (QED) is 0.268. The van der Waals surface area contributed by atoms with Crippen LogP contribution >= 0.6 is 0 Å². The Morgan fingerprint density at radius 3 is 2.66 bits per heavy atom. The number of fused-ring (bicyclic) bond motifs is 1. The first kappa shape index (κ1) is 28.7. The van der Waals surface area contributed by atoms with E-state index in [-0.39, 0.29) is 12.0 Å². The lowest BCUT2D eigenvalue weighted by Crippen LogP contribution is -2.65. The minimum Gasteiger partial charge on any atom is -0.474 e. The van der Waals surface area contributed by atoms with Crippen LogP contribution in [0.3, 0.4) is 0 Å². The first-order valence-electron chi connectivity index (χ1n) is 15.2. The highest BCUT2D eigenvalue weighted by molar-refractivity contribution is 5.90. The highest BCUT2D eigenvalue weighted by atomic mass is 19.4. The first-order valence-corrected chi connectivity index (χ1v) is 15.2. The van der Waals surface area contributed by atoms with Crippen LogP contribution in [0.25, 0.3) is 22.3 Å². The summed E-state index contributed by atoms with van der Waals surface area (Å²) in [6.45, 7) is 1.77. The van der Waals surface area contributed by atoms with Gasteiger partial charge in [-0.25, -0.2) is 15.0 Å². The number of hydrogen-bond acceptors (Lipinski definition) is 8. The number of aromatic nitrogens is 6. The van der Waals surface area contributed by atoms with Crippen LogP contribution in [0.2, 0.25) is 0 Å². The van der Waals surface area contributed by atoms with E-state index in [0.717, 1.165) is 73.3 Å². The van der Waals surface area contributed by atoms with Crippen LogP contribution in [-0.2, 0) is 18.3 Å². The van der Waals surface area contributed by atoms with E-state index in [0.29, 0.717) is 43.7 Å². The number of H-pyrrole nitrogens is 1. The Kier molecular flexibility index (Phi) is 7.50. The van der Waals surface area contributed by atoms with Crippen LogP contribution in [0.15, 0.2) is 43.1 Å². The van der Waals surface area contributed by atoms with Gasteiger partial charge in [0.1, 0.15) is 29.3 Å². The normalized spacial score (nSPS) is 22.3. The fourth-order valence-electron chi connectivity index (χ4n) is 6.70. The molecule has 0 bridgehead atoms. The summed E-state index contributed by atoms with van der Waals surface area (Å²) < 4.78 is 48.7. The molecule has 0 spiro atoms. The molecule has 1 saturated heterocycles. The number of nitrogens with one attached hydrogen (secondary N) is 2. The van der Waals surface area contributed by atoms with Gasteiger partial charge in [-0.2, -0.15) is 23.5 Å². The van der Waals surface area contributed by atoms with Crippen molar-refractivity contribution in [2.45, 2.75) is 87.8 Å². The lowest BCUT2D eigenvalue weighted by atomic mass is 9.82. The Morgan fingerprint density at radius 1 is 1.11 bits per heavy atom. The first-order chi connectivity index (χ1) is 21.3. The van der Waals surface area contributed by atoms with Gasteiger partial charge < -0.3 is 15.0 Å². The number of likely N-dealkylation sites (tertiary alicyclic amines) is 1. The molecule has 2 N–H and O–H groups in total. The summed E-state index contributed by atoms with van der Waals surface area (Å²) in [6, 6.07) is 7.73. The maximum Gasteiger partial charge on any atom is 0.433 e. The maximum atomic E-state index is 13.6. The standard InChI is InChI=1S/C31H34F3N9O/c32-31(33,34)26-12-20(14-37-22-2-1-3-22)13-27(41-26)44-24-6-4-23(5-7-24)42-17-30(18-42,9-10-35)43-16-21(15-40-43)28-25-8-11-36-29(25)39-19-38-28/h8,11-13,15-16,19,22-24,37H,1-7,9,14,17-18H2,(H,36,38,39). The van der Waals surface area contributed by atoms with Gasteiger partial charge in [0.15, 0.2) is 0 Å². The van der Waals surface area contributed by atoms with Gasteiger partial charge in [0, 0.05) is 61.1 Å². The van der Waals surface area contributed by atoms with Gasteiger partial charge in [-0.15, -0.1) is 0 Å². The van der Waals surface area contributed by atoms with E-state index < -0.39 is 17.4 Å². The zero-order chi connectivity index (χ0) is 30.3. The molecule has 230 valence electrons. The molecule has 4 aromatic rings. The van der Waals surface area contributed by atoms with Crippen molar-refractivity contribution in [3.05, 3.63) is 54.4 Å². The van der Waals surface area contributed by atoms with Gasteiger partial charge in [-0.3, -0.25) is 9.58 Å². The minimum atomic E-state index is -4.53. The summed E-state index contributed by atoms with van der Waals surface area (Å²) in [7, 11) is 0. The number of rotatable bonds is 9. The summed E-state index contributed by atoms with van der Waals surface area (Å²) in [5, 5.41) is 18.6. The molecule has 0 aromatic carbocycles. The average Bonchev–Trinajstić information content (AvgIpc) is 3.64. The zero-order valence-corrected chi connectivity index (χ0v) is 24.2. The third-order valence-corrected chi connectivity index (χ3v) is 9.40. The van der Waals surface area contributed by atoms with E-state index in [4.69, 9.17) is 4.74 Å². The average molecular weight is 606 g/mol. The second-order valence-electron chi connectivity index (χ2n) is 12.4. The Morgan fingerprint density at radius 2 is 1.93 bits per heavy atom. The lowest BCUT2D eigenvalue weighted by molar-refractivity contribution is -0.141. The highest BCUT2D eigenvalue weighted by Gasteiger charge is 2.48. The number of hydrogen-bond donors (Lipinski definition) is 2. The van der Waals surface area contributed by atoms with Crippen LogP contribution in [0.5, 0.6) is 5.88 Å². The van der Waals surface area contributed by atoms with Crippen molar-refractivity contribution in [3.63, 3.8) is 0 Å². The van der Waals surface area contributed by atoms with E-state index in [9.17, 15) is 18.4 Å². The SMILES string of the molecule is N#CCC1(n2cc(-c3ncnc4[nH]ccc34)cn2)CN(C2CCC(Oc3cc(CNC4CCC4)cc(C(F)(F)F)n3)CC2)C1. The molecule has 7 rings (SSSR count).